The molecule has 1 aromatic heterocycles. The Morgan fingerprint density at radius 3 is 2.47 bits per heavy atom. The van der Waals surface area contributed by atoms with E-state index in [0.717, 1.165) is 19.6 Å². The summed E-state index contributed by atoms with van der Waals surface area (Å²) in [7, 11) is -3.57. The molecule has 19 heavy (non-hydrogen) atoms. The van der Waals surface area contributed by atoms with E-state index in [1.165, 1.54) is 4.31 Å². The number of nitrogens with zero attached hydrogens (tertiary/aromatic N) is 3. The van der Waals surface area contributed by atoms with Gasteiger partial charge in [0.1, 0.15) is 10.6 Å². The van der Waals surface area contributed by atoms with Crippen molar-refractivity contribution in [1.82, 2.24) is 19.4 Å². The van der Waals surface area contributed by atoms with Crippen LogP contribution in [-0.2, 0) is 16.6 Å². The lowest BCUT2D eigenvalue weighted by atomic mass is 10.4. The summed E-state index contributed by atoms with van der Waals surface area (Å²) in [6.45, 7) is 6.70. The zero-order valence-electron chi connectivity index (χ0n) is 11.3. The van der Waals surface area contributed by atoms with Gasteiger partial charge in [0.25, 0.3) is 0 Å². The van der Waals surface area contributed by atoms with Crippen LogP contribution in [0.15, 0.2) is 4.90 Å². The molecule has 0 saturated carbocycles. The molecular weight excluding hydrogens is 268 g/mol. The third-order valence-electron chi connectivity index (χ3n) is 3.49. The standard InChI is InChI=1S/C11H20N4O3S/c1-3-14-4-6-15(7-5-14)19(17,18)11-9(2)12-13-10(11)8-16/h16H,3-8H2,1-2H3,(H,12,13). The summed E-state index contributed by atoms with van der Waals surface area (Å²) in [4.78, 5) is 2.33. The average molecular weight is 288 g/mol. The van der Waals surface area contributed by atoms with Crippen molar-refractivity contribution in [2.24, 2.45) is 0 Å². The summed E-state index contributed by atoms with van der Waals surface area (Å²) in [5.74, 6) is 0. The fourth-order valence-electron chi connectivity index (χ4n) is 2.33. The number of aliphatic hydroxyl groups is 1. The zero-order chi connectivity index (χ0) is 14.0. The van der Waals surface area contributed by atoms with Gasteiger partial charge < -0.3 is 10.0 Å². The van der Waals surface area contributed by atoms with Crippen molar-refractivity contribution >= 4 is 10.0 Å². The smallest absolute Gasteiger partial charge is 0.246 e. The minimum Gasteiger partial charge on any atom is -0.390 e. The topological polar surface area (TPSA) is 89.5 Å². The van der Waals surface area contributed by atoms with Crippen molar-refractivity contribution in [3.63, 3.8) is 0 Å². The first kappa shape index (κ1) is 14.4. The molecule has 0 aromatic carbocycles. The first-order chi connectivity index (χ1) is 9.00. The van der Waals surface area contributed by atoms with Gasteiger partial charge in [0.05, 0.1) is 12.3 Å². The number of hydrogen-bond donors (Lipinski definition) is 2. The fraction of sp³-hybridized carbons (Fsp3) is 0.727. The quantitative estimate of drug-likeness (QED) is 0.782. The summed E-state index contributed by atoms with van der Waals surface area (Å²) in [5, 5.41) is 15.7. The summed E-state index contributed by atoms with van der Waals surface area (Å²) >= 11 is 0. The van der Waals surface area contributed by atoms with Crippen LogP contribution in [0.2, 0.25) is 0 Å². The first-order valence-corrected chi connectivity index (χ1v) is 7.82. The highest BCUT2D eigenvalue weighted by molar-refractivity contribution is 7.89. The van der Waals surface area contributed by atoms with E-state index in [-0.39, 0.29) is 17.2 Å². The molecule has 1 aromatic rings. The van der Waals surface area contributed by atoms with E-state index in [4.69, 9.17) is 0 Å². The van der Waals surface area contributed by atoms with Gasteiger partial charge in [-0.1, -0.05) is 6.92 Å². The van der Waals surface area contributed by atoms with Crippen LogP contribution >= 0.6 is 0 Å². The lowest BCUT2D eigenvalue weighted by Gasteiger charge is -2.33. The van der Waals surface area contributed by atoms with Crippen LogP contribution in [0.3, 0.4) is 0 Å². The molecule has 108 valence electrons. The van der Waals surface area contributed by atoms with E-state index >= 15 is 0 Å². The predicted molar refractivity (Wildman–Crippen MR) is 70.1 cm³/mol. The first-order valence-electron chi connectivity index (χ1n) is 6.38. The molecule has 0 amide bonds. The highest BCUT2D eigenvalue weighted by Crippen LogP contribution is 2.23. The molecular formula is C11H20N4O3S. The number of H-pyrrole nitrogens is 1. The third kappa shape index (κ3) is 2.66. The summed E-state index contributed by atoms with van der Waals surface area (Å²) in [5.41, 5.74) is 0.664. The van der Waals surface area contributed by atoms with Crippen molar-refractivity contribution < 1.29 is 13.5 Å². The lowest BCUT2D eigenvalue weighted by Crippen LogP contribution is -2.48. The number of aryl methyl sites for hydroxylation is 1. The van der Waals surface area contributed by atoms with Crippen LogP contribution < -0.4 is 0 Å². The summed E-state index contributed by atoms with van der Waals surface area (Å²) < 4.78 is 26.6. The van der Waals surface area contributed by atoms with Gasteiger partial charge in [-0.25, -0.2) is 8.42 Å². The number of aromatic nitrogens is 2. The Balaban J connectivity index is 2.26. The van der Waals surface area contributed by atoms with E-state index < -0.39 is 10.0 Å². The maximum Gasteiger partial charge on any atom is 0.246 e. The van der Waals surface area contributed by atoms with Crippen LogP contribution in [0.4, 0.5) is 0 Å². The molecule has 0 aliphatic carbocycles. The highest BCUT2D eigenvalue weighted by Gasteiger charge is 2.32. The molecule has 0 spiro atoms. The second-order valence-corrected chi connectivity index (χ2v) is 6.50. The zero-order valence-corrected chi connectivity index (χ0v) is 12.1. The molecule has 1 aliphatic rings. The lowest BCUT2D eigenvalue weighted by molar-refractivity contribution is 0.196. The molecule has 2 heterocycles. The number of nitrogens with one attached hydrogen (secondary N) is 1. The number of piperazine rings is 1. The van der Waals surface area contributed by atoms with Crippen LogP contribution in [0.5, 0.6) is 0 Å². The number of aliphatic hydroxyl groups excluding tert-OH is 1. The highest BCUT2D eigenvalue weighted by atomic mass is 32.2. The Bertz CT molecular complexity index is 532. The minimum atomic E-state index is -3.57. The van der Waals surface area contributed by atoms with E-state index in [1.807, 2.05) is 0 Å². The number of hydrogen-bond acceptors (Lipinski definition) is 5. The average Bonchev–Trinajstić information content (AvgIpc) is 2.80. The molecule has 7 nitrogen and oxygen atoms in total. The molecule has 1 aliphatic heterocycles. The molecule has 0 bridgehead atoms. The van der Waals surface area contributed by atoms with Crippen molar-refractivity contribution in [1.29, 1.82) is 0 Å². The van der Waals surface area contributed by atoms with Gasteiger partial charge in [-0.15, -0.1) is 0 Å². The Labute approximate surface area is 113 Å². The van der Waals surface area contributed by atoms with Crippen molar-refractivity contribution in [3.05, 3.63) is 11.4 Å². The van der Waals surface area contributed by atoms with Crippen LogP contribution in [0.25, 0.3) is 0 Å². The van der Waals surface area contributed by atoms with Gasteiger partial charge in [0.15, 0.2) is 0 Å². The predicted octanol–water partition coefficient (Wildman–Crippen LogP) is -0.463. The number of rotatable bonds is 4. The van der Waals surface area contributed by atoms with Crippen LogP contribution in [0.1, 0.15) is 18.3 Å². The molecule has 0 atom stereocenters. The van der Waals surface area contributed by atoms with Gasteiger partial charge in [0.2, 0.25) is 10.0 Å². The van der Waals surface area contributed by atoms with Gasteiger partial charge >= 0.3 is 0 Å². The monoisotopic (exact) mass is 288 g/mol. The third-order valence-corrected chi connectivity index (χ3v) is 5.59. The van der Waals surface area contributed by atoms with Gasteiger partial charge in [-0.3, -0.25) is 5.10 Å². The van der Waals surface area contributed by atoms with Crippen molar-refractivity contribution in [3.8, 4) is 0 Å². The summed E-state index contributed by atoms with van der Waals surface area (Å²) in [6, 6.07) is 0. The van der Waals surface area contributed by atoms with E-state index in [1.54, 1.807) is 6.92 Å². The molecule has 1 fully saturated rings. The maximum atomic E-state index is 12.6. The van der Waals surface area contributed by atoms with Crippen LogP contribution in [0, 0.1) is 6.92 Å². The van der Waals surface area contributed by atoms with Crippen molar-refractivity contribution in [2.45, 2.75) is 25.3 Å². The molecule has 1 saturated heterocycles. The SMILES string of the molecule is CCN1CCN(S(=O)(=O)c2c(CO)n[nH]c2C)CC1. The van der Waals surface area contributed by atoms with Gasteiger partial charge in [-0.05, 0) is 13.5 Å². The number of aromatic amines is 1. The Morgan fingerprint density at radius 1 is 1.32 bits per heavy atom. The second kappa shape index (κ2) is 5.58. The van der Waals surface area contributed by atoms with Crippen LogP contribution in [-0.4, -0.2) is 65.7 Å². The van der Waals surface area contributed by atoms with Crippen molar-refractivity contribution in [2.75, 3.05) is 32.7 Å². The van der Waals surface area contributed by atoms with E-state index in [9.17, 15) is 13.5 Å². The van der Waals surface area contributed by atoms with Gasteiger partial charge in [-0.2, -0.15) is 9.40 Å². The van der Waals surface area contributed by atoms with E-state index in [0.29, 0.717) is 18.8 Å². The molecule has 0 radical (unpaired) electrons. The van der Waals surface area contributed by atoms with Gasteiger partial charge in [0, 0.05) is 26.2 Å². The second-order valence-electron chi connectivity index (χ2n) is 4.62. The Hall–Kier alpha value is -0.960. The summed E-state index contributed by atoms with van der Waals surface area (Å²) in [6.07, 6.45) is 0. The molecule has 2 rings (SSSR count). The number of likely N-dealkylation sites (N-methyl/N-ethyl adjacent to an activating group) is 1. The molecule has 2 N–H and O–H groups in total. The maximum absolute atomic E-state index is 12.6. The largest absolute Gasteiger partial charge is 0.390 e. The normalized spacial score (nSPS) is 18.9. The molecule has 8 heteroatoms. The van der Waals surface area contributed by atoms with E-state index in [2.05, 4.69) is 22.0 Å². The Morgan fingerprint density at radius 2 is 1.95 bits per heavy atom. The number of sulfonamides is 1. The Kier molecular flexibility index (Phi) is 4.24. The minimum absolute atomic E-state index is 0.125. The fourth-order valence-corrected chi connectivity index (χ4v) is 4.08. The molecule has 0 unspecified atom stereocenters.